The standard InChI is InChI=1S/C11H19N3/c1-8(2)11(12)10-7-9(14(3)4)5-6-13-10/h5-8,11H,12H2,1-4H3. The van der Waals surface area contributed by atoms with Crippen LogP contribution in [0.5, 0.6) is 0 Å². The predicted molar refractivity (Wildman–Crippen MR) is 60.3 cm³/mol. The van der Waals surface area contributed by atoms with Crippen LogP contribution in [0.25, 0.3) is 0 Å². The van der Waals surface area contributed by atoms with Gasteiger partial charge in [-0.15, -0.1) is 0 Å². The van der Waals surface area contributed by atoms with Crippen molar-refractivity contribution in [2.75, 3.05) is 19.0 Å². The van der Waals surface area contributed by atoms with Crippen LogP contribution in [-0.2, 0) is 0 Å². The second kappa shape index (κ2) is 4.42. The van der Waals surface area contributed by atoms with Crippen LogP contribution >= 0.6 is 0 Å². The van der Waals surface area contributed by atoms with Crippen LogP contribution in [-0.4, -0.2) is 19.1 Å². The Balaban J connectivity index is 2.93. The molecule has 78 valence electrons. The molecule has 3 nitrogen and oxygen atoms in total. The van der Waals surface area contributed by atoms with Gasteiger partial charge in [0.2, 0.25) is 0 Å². The average molecular weight is 193 g/mol. The van der Waals surface area contributed by atoms with E-state index in [9.17, 15) is 0 Å². The highest BCUT2D eigenvalue weighted by atomic mass is 15.1. The maximum absolute atomic E-state index is 6.03. The van der Waals surface area contributed by atoms with Crippen molar-refractivity contribution < 1.29 is 0 Å². The van der Waals surface area contributed by atoms with Gasteiger partial charge in [0.25, 0.3) is 0 Å². The van der Waals surface area contributed by atoms with Crippen LogP contribution in [0, 0.1) is 5.92 Å². The third kappa shape index (κ3) is 2.45. The SMILES string of the molecule is CC(C)C(N)c1cc(N(C)C)ccn1. The molecule has 1 aromatic heterocycles. The smallest absolute Gasteiger partial charge is 0.0594 e. The van der Waals surface area contributed by atoms with Gasteiger partial charge in [-0.1, -0.05) is 13.8 Å². The molecule has 1 unspecified atom stereocenters. The van der Waals surface area contributed by atoms with Crippen molar-refractivity contribution in [2.45, 2.75) is 19.9 Å². The Hall–Kier alpha value is -1.09. The normalized spacial score (nSPS) is 13.0. The van der Waals surface area contributed by atoms with Crippen molar-refractivity contribution in [3.05, 3.63) is 24.0 Å². The molecule has 1 heterocycles. The van der Waals surface area contributed by atoms with Crippen molar-refractivity contribution >= 4 is 5.69 Å². The molecule has 0 aliphatic heterocycles. The minimum atomic E-state index is 0.0231. The fraction of sp³-hybridized carbons (Fsp3) is 0.545. The van der Waals surface area contributed by atoms with Gasteiger partial charge in [0.15, 0.2) is 0 Å². The van der Waals surface area contributed by atoms with E-state index in [1.54, 1.807) is 0 Å². The number of nitrogens with two attached hydrogens (primary N) is 1. The Morgan fingerprint density at radius 2 is 2.00 bits per heavy atom. The fourth-order valence-corrected chi connectivity index (χ4v) is 1.24. The van der Waals surface area contributed by atoms with Crippen molar-refractivity contribution in [1.82, 2.24) is 4.98 Å². The van der Waals surface area contributed by atoms with Crippen LogP contribution in [0.4, 0.5) is 5.69 Å². The summed E-state index contributed by atoms with van der Waals surface area (Å²) in [6.45, 7) is 4.21. The first-order valence-corrected chi connectivity index (χ1v) is 4.91. The Morgan fingerprint density at radius 3 is 2.50 bits per heavy atom. The Morgan fingerprint density at radius 1 is 1.36 bits per heavy atom. The van der Waals surface area contributed by atoms with Crippen LogP contribution in [0.2, 0.25) is 0 Å². The topological polar surface area (TPSA) is 42.1 Å². The van der Waals surface area contributed by atoms with Gasteiger partial charge in [-0.2, -0.15) is 0 Å². The summed E-state index contributed by atoms with van der Waals surface area (Å²) in [6, 6.07) is 4.05. The number of hydrogen-bond donors (Lipinski definition) is 1. The van der Waals surface area contributed by atoms with Crippen LogP contribution in [0.1, 0.15) is 25.6 Å². The second-order valence-electron chi connectivity index (χ2n) is 4.10. The summed E-state index contributed by atoms with van der Waals surface area (Å²) in [6.07, 6.45) is 1.81. The second-order valence-corrected chi connectivity index (χ2v) is 4.10. The maximum Gasteiger partial charge on any atom is 0.0594 e. The number of pyridine rings is 1. The number of nitrogens with zero attached hydrogens (tertiary/aromatic N) is 2. The van der Waals surface area contributed by atoms with E-state index >= 15 is 0 Å². The lowest BCUT2D eigenvalue weighted by Gasteiger charge is -2.18. The number of hydrogen-bond acceptors (Lipinski definition) is 3. The van der Waals surface area contributed by atoms with Crippen molar-refractivity contribution in [2.24, 2.45) is 11.7 Å². The molecule has 0 amide bonds. The Kier molecular flexibility index (Phi) is 3.47. The molecule has 0 aromatic carbocycles. The van der Waals surface area contributed by atoms with Gasteiger partial charge in [0.05, 0.1) is 5.69 Å². The van der Waals surface area contributed by atoms with E-state index in [1.807, 2.05) is 32.4 Å². The summed E-state index contributed by atoms with van der Waals surface area (Å²) in [5.41, 5.74) is 8.13. The molecule has 1 atom stereocenters. The zero-order valence-electron chi connectivity index (χ0n) is 9.36. The number of aromatic nitrogens is 1. The van der Waals surface area contributed by atoms with Gasteiger partial charge in [-0.05, 0) is 18.1 Å². The van der Waals surface area contributed by atoms with E-state index in [0.29, 0.717) is 5.92 Å². The van der Waals surface area contributed by atoms with Crippen molar-refractivity contribution in [1.29, 1.82) is 0 Å². The molecular weight excluding hydrogens is 174 g/mol. The van der Waals surface area contributed by atoms with E-state index in [2.05, 4.69) is 23.7 Å². The fourth-order valence-electron chi connectivity index (χ4n) is 1.24. The van der Waals surface area contributed by atoms with Crippen molar-refractivity contribution in [3.8, 4) is 0 Å². The molecule has 0 bridgehead atoms. The van der Waals surface area contributed by atoms with Gasteiger partial charge in [0.1, 0.15) is 0 Å². The number of anilines is 1. The summed E-state index contributed by atoms with van der Waals surface area (Å²) in [5, 5.41) is 0. The summed E-state index contributed by atoms with van der Waals surface area (Å²) in [7, 11) is 4.03. The highest BCUT2D eigenvalue weighted by molar-refractivity contribution is 5.45. The summed E-state index contributed by atoms with van der Waals surface area (Å²) >= 11 is 0. The molecule has 0 aliphatic carbocycles. The summed E-state index contributed by atoms with van der Waals surface area (Å²) < 4.78 is 0. The van der Waals surface area contributed by atoms with Gasteiger partial charge < -0.3 is 10.6 Å². The zero-order chi connectivity index (χ0) is 10.7. The molecule has 1 aromatic rings. The van der Waals surface area contributed by atoms with Gasteiger partial charge >= 0.3 is 0 Å². The van der Waals surface area contributed by atoms with E-state index in [4.69, 9.17) is 5.73 Å². The van der Waals surface area contributed by atoms with Gasteiger partial charge in [-0.3, -0.25) is 4.98 Å². The first-order valence-electron chi connectivity index (χ1n) is 4.91. The molecule has 1 rings (SSSR count). The highest BCUT2D eigenvalue weighted by Crippen LogP contribution is 2.20. The third-order valence-electron chi connectivity index (χ3n) is 2.34. The number of rotatable bonds is 3. The molecule has 0 fully saturated rings. The van der Waals surface area contributed by atoms with Crippen LogP contribution in [0.3, 0.4) is 0 Å². The molecule has 0 saturated heterocycles. The monoisotopic (exact) mass is 193 g/mol. The molecule has 0 radical (unpaired) electrons. The van der Waals surface area contributed by atoms with Crippen molar-refractivity contribution in [3.63, 3.8) is 0 Å². The zero-order valence-corrected chi connectivity index (χ0v) is 9.36. The first kappa shape index (κ1) is 11.0. The molecular formula is C11H19N3. The lowest BCUT2D eigenvalue weighted by atomic mass is 10.0. The minimum Gasteiger partial charge on any atom is -0.378 e. The Labute approximate surface area is 85.9 Å². The van der Waals surface area contributed by atoms with Gasteiger partial charge in [0, 0.05) is 32.0 Å². The predicted octanol–water partition coefficient (Wildman–Crippen LogP) is 1.80. The van der Waals surface area contributed by atoms with E-state index in [0.717, 1.165) is 11.4 Å². The first-order chi connectivity index (χ1) is 6.52. The molecule has 0 spiro atoms. The average Bonchev–Trinajstić information content (AvgIpc) is 2.16. The van der Waals surface area contributed by atoms with Gasteiger partial charge in [-0.25, -0.2) is 0 Å². The Bertz CT molecular complexity index is 294. The molecule has 0 saturated carbocycles. The molecule has 3 heteroatoms. The maximum atomic E-state index is 6.03. The quantitative estimate of drug-likeness (QED) is 0.796. The van der Waals surface area contributed by atoms with E-state index < -0.39 is 0 Å². The lowest BCUT2D eigenvalue weighted by Crippen LogP contribution is -2.19. The lowest BCUT2D eigenvalue weighted by molar-refractivity contribution is 0.503. The van der Waals surface area contributed by atoms with Crippen LogP contribution in [0.15, 0.2) is 18.3 Å². The minimum absolute atomic E-state index is 0.0231. The van der Waals surface area contributed by atoms with E-state index in [-0.39, 0.29) is 6.04 Å². The largest absolute Gasteiger partial charge is 0.378 e. The summed E-state index contributed by atoms with van der Waals surface area (Å²) in [4.78, 5) is 6.35. The summed E-state index contributed by atoms with van der Waals surface area (Å²) in [5.74, 6) is 0.417. The molecule has 0 aliphatic rings. The molecule has 14 heavy (non-hydrogen) atoms. The molecule has 2 N–H and O–H groups in total. The highest BCUT2D eigenvalue weighted by Gasteiger charge is 2.12. The van der Waals surface area contributed by atoms with Crippen LogP contribution < -0.4 is 10.6 Å². The van der Waals surface area contributed by atoms with E-state index in [1.165, 1.54) is 0 Å². The third-order valence-corrected chi connectivity index (χ3v) is 2.34.